The molecule has 1 aromatic rings. The highest BCUT2D eigenvalue weighted by atomic mass is 16.6. The van der Waals surface area contributed by atoms with Gasteiger partial charge in [0.2, 0.25) is 0 Å². The first-order valence-electron chi connectivity index (χ1n) is 8.28. The molecule has 1 aromatic carbocycles. The van der Waals surface area contributed by atoms with E-state index in [1.54, 1.807) is 4.90 Å². The maximum atomic E-state index is 12.4. The van der Waals surface area contributed by atoms with Gasteiger partial charge in [-0.3, -0.25) is 9.69 Å². The van der Waals surface area contributed by atoms with Crippen LogP contribution >= 0.6 is 0 Å². The molecule has 0 spiro atoms. The number of hydrogen-bond acceptors (Lipinski definition) is 4. The highest BCUT2D eigenvalue weighted by Gasteiger charge is 2.27. The second-order valence-corrected chi connectivity index (χ2v) is 7.16. The number of ether oxygens (including phenoxy) is 1. The lowest BCUT2D eigenvalue weighted by atomic mass is 9.95. The summed E-state index contributed by atoms with van der Waals surface area (Å²) in [6.45, 7) is 6.17. The number of benzene rings is 1. The highest BCUT2D eigenvalue weighted by Crippen LogP contribution is 2.31. The maximum Gasteiger partial charge on any atom is 0.414 e. The molecule has 0 radical (unpaired) electrons. The summed E-state index contributed by atoms with van der Waals surface area (Å²) in [5.41, 5.74) is 8.36. The Morgan fingerprint density at radius 1 is 1.38 bits per heavy atom. The molecule has 0 saturated heterocycles. The minimum absolute atomic E-state index is 0.0439. The standard InChI is InChI=1S/C18H26N2O4/c1-18(2,3)24-17(23)20-10-4-5-13-11-12(6-8-15(13)20)14(19)7-9-16(21)22/h6,8,11,14H,4-5,7,9-10,19H2,1-3H3,(H,21,22). The minimum Gasteiger partial charge on any atom is -0.481 e. The van der Waals surface area contributed by atoms with Crippen molar-refractivity contribution in [3.8, 4) is 0 Å². The van der Waals surface area contributed by atoms with Crippen LogP contribution in [0.15, 0.2) is 18.2 Å². The number of fused-ring (bicyclic) bond motifs is 1. The van der Waals surface area contributed by atoms with Gasteiger partial charge in [-0.15, -0.1) is 0 Å². The molecule has 0 bridgehead atoms. The third kappa shape index (κ3) is 4.71. The molecule has 1 aliphatic rings. The van der Waals surface area contributed by atoms with Crippen LogP contribution in [0.2, 0.25) is 0 Å². The summed E-state index contributed by atoms with van der Waals surface area (Å²) in [6, 6.07) is 5.42. The van der Waals surface area contributed by atoms with Crippen molar-refractivity contribution in [2.75, 3.05) is 11.4 Å². The van der Waals surface area contributed by atoms with E-state index in [0.717, 1.165) is 29.7 Å². The Morgan fingerprint density at radius 2 is 2.08 bits per heavy atom. The molecule has 2 rings (SSSR count). The van der Waals surface area contributed by atoms with E-state index < -0.39 is 11.6 Å². The number of carboxylic acids is 1. The lowest BCUT2D eigenvalue weighted by Gasteiger charge is -2.32. The Bertz CT molecular complexity index is 622. The van der Waals surface area contributed by atoms with Crippen LogP contribution in [0.4, 0.5) is 10.5 Å². The Morgan fingerprint density at radius 3 is 2.71 bits per heavy atom. The molecule has 6 heteroatoms. The summed E-state index contributed by atoms with van der Waals surface area (Å²) in [4.78, 5) is 24.7. The molecule has 0 fully saturated rings. The fourth-order valence-electron chi connectivity index (χ4n) is 2.80. The van der Waals surface area contributed by atoms with Gasteiger partial charge in [0, 0.05) is 19.0 Å². The van der Waals surface area contributed by atoms with Crippen molar-refractivity contribution in [2.24, 2.45) is 5.73 Å². The van der Waals surface area contributed by atoms with Gasteiger partial charge in [0.05, 0.1) is 5.69 Å². The van der Waals surface area contributed by atoms with Crippen LogP contribution in [0, 0.1) is 0 Å². The van der Waals surface area contributed by atoms with E-state index in [-0.39, 0.29) is 18.6 Å². The number of rotatable bonds is 4. The molecule has 0 aliphatic carbocycles. The zero-order valence-electron chi connectivity index (χ0n) is 14.5. The van der Waals surface area contributed by atoms with E-state index in [9.17, 15) is 9.59 Å². The Balaban J connectivity index is 2.17. The lowest BCUT2D eigenvalue weighted by molar-refractivity contribution is -0.137. The van der Waals surface area contributed by atoms with Crippen molar-refractivity contribution in [2.45, 2.75) is 58.1 Å². The van der Waals surface area contributed by atoms with Gasteiger partial charge in [0.15, 0.2) is 0 Å². The third-order valence-electron chi connectivity index (χ3n) is 3.93. The maximum absolute atomic E-state index is 12.4. The first-order chi connectivity index (χ1) is 11.2. The van der Waals surface area contributed by atoms with E-state index in [1.807, 2.05) is 39.0 Å². The molecular weight excluding hydrogens is 308 g/mol. The van der Waals surface area contributed by atoms with Gasteiger partial charge < -0.3 is 15.6 Å². The molecule has 1 heterocycles. The molecule has 3 N–H and O–H groups in total. The number of nitrogens with two attached hydrogens (primary N) is 1. The van der Waals surface area contributed by atoms with E-state index in [2.05, 4.69) is 0 Å². The van der Waals surface area contributed by atoms with Crippen molar-refractivity contribution in [1.29, 1.82) is 0 Å². The van der Waals surface area contributed by atoms with E-state index in [0.29, 0.717) is 13.0 Å². The number of carbonyl (C=O) groups excluding carboxylic acids is 1. The average molecular weight is 334 g/mol. The summed E-state index contributed by atoms with van der Waals surface area (Å²) in [7, 11) is 0. The van der Waals surface area contributed by atoms with Crippen molar-refractivity contribution in [1.82, 2.24) is 0 Å². The number of carbonyl (C=O) groups is 2. The predicted octanol–water partition coefficient (Wildman–Crippen LogP) is 3.24. The van der Waals surface area contributed by atoms with Crippen molar-refractivity contribution >= 4 is 17.7 Å². The monoisotopic (exact) mass is 334 g/mol. The zero-order valence-corrected chi connectivity index (χ0v) is 14.5. The molecular formula is C18H26N2O4. The van der Waals surface area contributed by atoms with E-state index in [4.69, 9.17) is 15.6 Å². The van der Waals surface area contributed by atoms with Crippen LogP contribution in [0.3, 0.4) is 0 Å². The smallest absolute Gasteiger partial charge is 0.414 e. The van der Waals surface area contributed by atoms with Crippen LogP contribution in [0.1, 0.15) is 57.2 Å². The Hall–Kier alpha value is -2.08. The van der Waals surface area contributed by atoms with Gasteiger partial charge in [0.25, 0.3) is 0 Å². The number of hydrogen-bond donors (Lipinski definition) is 2. The second kappa shape index (κ2) is 7.21. The van der Waals surface area contributed by atoms with Crippen LogP contribution in [0.25, 0.3) is 0 Å². The quantitative estimate of drug-likeness (QED) is 0.882. The topological polar surface area (TPSA) is 92.9 Å². The molecule has 1 amide bonds. The fourth-order valence-corrected chi connectivity index (χ4v) is 2.80. The van der Waals surface area contributed by atoms with Gasteiger partial charge in [-0.25, -0.2) is 4.79 Å². The molecule has 24 heavy (non-hydrogen) atoms. The van der Waals surface area contributed by atoms with Gasteiger partial charge in [-0.1, -0.05) is 12.1 Å². The van der Waals surface area contributed by atoms with Crippen molar-refractivity contribution < 1.29 is 19.4 Å². The van der Waals surface area contributed by atoms with Crippen LogP contribution in [0.5, 0.6) is 0 Å². The summed E-state index contributed by atoms with van der Waals surface area (Å²) in [6.07, 6.45) is 1.83. The normalized spacial score (nSPS) is 15.6. The first kappa shape index (κ1) is 18.3. The number of anilines is 1. The van der Waals surface area contributed by atoms with Gasteiger partial charge in [-0.2, -0.15) is 0 Å². The molecule has 0 aromatic heterocycles. The molecule has 6 nitrogen and oxygen atoms in total. The Kier molecular flexibility index (Phi) is 5.49. The molecule has 1 unspecified atom stereocenters. The number of nitrogens with zero attached hydrogens (tertiary/aromatic N) is 1. The van der Waals surface area contributed by atoms with Crippen LogP contribution in [-0.2, 0) is 16.0 Å². The van der Waals surface area contributed by atoms with Crippen molar-refractivity contribution in [3.63, 3.8) is 0 Å². The van der Waals surface area contributed by atoms with Gasteiger partial charge in [-0.05, 0) is 57.2 Å². The van der Waals surface area contributed by atoms with Crippen LogP contribution in [-0.4, -0.2) is 29.3 Å². The molecule has 1 aliphatic heterocycles. The Labute approximate surface area is 142 Å². The zero-order chi connectivity index (χ0) is 17.9. The van der Waals surface area contributed by atoms with E-state index in [1.165, 1.54) is 0 Å². The van der Waals surface area contributed by atoms with E-state index >= 15 is 0 Å². The summed E-state index contributed by atoms with van der Waals surface area (Å²) in [5, 5.41) is 8.78. The minimum atomic E-state index is -0.848. The van der Waals surface area contributed by atoms with Gasteiger partial charge in [0.1, 0.15) is 5.60 Å². The SMILES string of the molecule is CC(C)(C)OC(=O)N1CCCc2cc(C(N)CCC(=O)O)ccc21. The number of aliphatic carboxylic acids is 1. The van der Waals surface area contributed by atoms with Gasteiger partial charge >= 0.3 is 12.1 Å². The number of carboxylic acid groups (broad SMARTS) is 1. The summed E-state index contributed by atoms with van der Waals surface area (Å²) >= 11 is 0. The largest absolute Gasteiger partial charge is 0.481 e. The number of amides is 1. The molecule has 1 atom stereocenters. The summed E-state index contributed by atoms with van der Waals surface area (Å²) in [5.74, 6) is -0.848. The predicted molar refractivity (Wildman–Crippen MR) is 92.1 cm³/mol. The highest BCUT2D eigenvalue weighted by molar-refractivity contribution is 5.89. The first-order valence-corrected chi connectivity index (χ1v) is 8.28. The summed E-state index contributed by atoms with van der Waals surface area (Å²) < 4.78 is 5.47. The number of aryl methyl sites for hydroxylation is 1. The fraction of sp³-hybridized carbons (Fsp3) is 0.556. The third-order valence-corrected chi connectivity index (χ3v) is 3.93. The lowest BCUT2D eigenvalue weighted by Crippen LogP contribution is -2.39. The average Bonchev–Trinajstić information content (AvgIpc) is 2.49. The second-order valence-electron chi connectivity index (χ2n) is 7.16. The van der Waals surface area contributed by atoms with Crippen molar-refractivity contribution in [3.05, 3.63) is 29.3 Å². The molecule has 0 saturated carbocycles. The molecule has 132 valence electrons. The van der Waals surface area contributed by atoms with Crippen LogP contribution < -0.4 is 10.6 Å².